The van der Waals surface area contributed by atoms with Crippen LogP contribution in [0.25, 0.3) is 0 Å². The Morgan fingerprint density at radius 1 is 1.04 bits per heavy atom. The zero-order chi connectivity index (χ0) is 16.9. The molecule has 23 heavy (non-hydrogen) atoms. The molecule has 2 rings (SSSR count). The molecule has 0 fully saturated rings. The first-order chi connectivity index (χ1) is 10.9. The Morgan fingerprint density at radius 2 is 1.57 bits per heavy atom. The van der Waals surface area contributed by atoms with E-state index in [1.165, 1.54) is 12.1 Å². The van der Waals surface area contributed by atoms with Crippen LogP contribution in [0.1, 0.15) is 11.5 Å². The standard InChI is InChI=1S/C16H18N2O3S2/c17-16(19)15(12-7-3-1-4-8-12)14(22)11-18-23(20,21)13-9-5-2-6-10-13/h1-10,14-15,18,22H,11H2,(H2,17,19). The lowest BCUT2D eigenvalue weighted by Gasteiger charge is -2.21. The molecule has 0 spiro atoms. The topological polar surface area (TPSA) is 89.3 Å². The van der Waals surface area contributed by atoms with Gasteiger partial charge >= 0.3 is 0 Å². The van der Waals surface area contributed by atoms with Gasteiger partial charge in [0.05, 0.1) is 10.8 Å². The van der Waals surface area contributed by atoms with Crippen molar-refractivity contribution in [2.75, 3.05) is 6.54 Å². The Hall–Kier alpha value is -1.83. The molecule has 0 aliphatic carbocycles. The summed E-state index contributed by atoms with van der Waals surface area (Å²) in [7, 11) is -3.65. The first-order valence-electron chi connectivity index (χ1n) is 6.99. The van der Waals surface area contributed by atoms with E-state index in [1.807, 2.05) is 6.07 Å². The Bertz CT molecular complexity index is 749. The summed E-state index contributed by atoms with van der Waals surface area (Å²) in [5.41, 5.74) is 6.16. The quantitative estimate of drug-likeness (QED) is 0.662. The van der Waals surface area contributed by atoms with Crippen LogP contribution in [0.4, 0.5) is 0 Å². The summed E-state index contributed by atoms with van der Waals surface area (Å²) in [6.45, 7) is -0.0111. The van der Waals surface area contributed by atoms with Crippen LogP contribution < -0.4 is 10.5 Å². The van der Waals surface area contributed by atoms with Gasteiger partial charge in [0, 0.05) is 11.8 Å². The second kappa shape index (κ2) is 7.63. The van der Waals surface area contributed by atoms with Gasteiger partial charge in [-0.3, -0.25) is 4.79 Å². The van der Waals surface area contributed by atoms with E-state index in [9.17, 15) is 13.2 Å². The van der Waals surface area contributed by atoms with Crippen LogP contribution >= 0.6 is 12.6 Å². The number of amides is 1. The van der Waals surface area contributed by atoms with Gasteiger partial charge in [0.1, 0.15) is 0 Å². The van der Waals surface area contributed by atoms with E-state index in [1.54, 1.807) is 42.5 Å². The monoisotopic (exact) mass is 350 g/mol. The zero-order valence-electron chi connectivity index (χ0n) is 12.3. The van der Waals surface area contributed by atoms with Crippen molar-refractivity contribution >= 4 is 28.6 Å². The maximum absolute atomic E-state index is 12.2. The number of hydrogen-bond donors (Lipinski definition) is 3. The molecule has 2 atom stereocenters. The summed E-state index contributed by atoms with van der Waals surface area (Å²) in [4.78, 5) is 11.9. The maximum Gasteiger partial charge on any atom is 0.240 e. The fraction of sp³-hybridized carbons (Fsp3) is 0.188. The number of benzene rings is 2. The molecular formula is C16H18N2O3S2. The average molecular weight is 350 g/mol. The van der Waals surface area contributed by atoms with Gasteiger partial charge in [-0.05, 0) is 17.7 Å². The minimum absolute atomic E-state index is 0.0111. The Balaban J connectivity index is 2.11. The number of nitrogens with two attached hydrogens (primary N) is 1. The molecule has 122 valence electrons. The maximum atomic E-state index is 12.2. The number of carbonyl (C=O) groups excluding carboxylic acids is 1. The van der Waals surface area contributed by atoms with Crippen molar-refractivity contribution in [3.8, 4) is 0 Å². The summed E-state index contributed by atoms with van der Waals surface area (Å²) in [6.07, 6.45) is 0. The van der Waals surface area contributed by atoms with Gasteiger partial charge in [-0.1, -0.05) is 48.5 Å². The molecule has 2 aromatic rings. The molecule has 0 aliphatic rings. The number of nitrogens with one attached hydrogen (secondary N) is 1. The van der Waals surface area contributed by atoms with Crippen molar-refractivity contribution in [2.45, 2.75) is 16.1 Å². The van der Waals surface area contributed by atoms with E-state index in [0.717, 1.165) is 0 Å². The minimum atomic E-state index is -3.65. The third-order valence-electron chi connectivity index (χ3n) is 3.39. The van der Waals surface area contributed by atoms with Crippen molar-refractivity contribution in [3.63, 3.8) is 0 Å². The number of rotatable bonds is 7. The van der Waals surface area contributed by atoms with E-state index in [4.69, 9.17) is 5.73 Å². The predicted molar refractivity (Wildman–Crippen MR) is 92.8 cm³/mol. The van der Waals surface area contributed by atoms with Gasteiger partial charge in [0.15, 0.2) is 0 Å². The van der Waals surface area contributed by atoms with Crippen molar-refractivity contribution < 1.29 is 13.2 Å². The summed E-state index contributed by atoms with van der Waals surface area (Å²) in [5, 5.41) is -0.576. The van der Waals surface area contributed by atoms with Gasteiger partial charge < -0.3 is 5.73 Å². The number of thiol groups is 1. The van der Waals surface area contributed by atoms with E-state index in [2.05, 4.69) is 17.4 Å². The third kappa shape index (κ3) is 4.57. The summed E-state index contributed by atoms with van der Waals surface area (Å²) in [6, 6.07) is 17.0. The molecule has 2 unspecified atom stereocenters. The molecule has 0 saturated heterocycles. The van der Waals surface area contributed by atoms with Crippen LogP contribution in [-0.4, -0.2) is 26.1 Å². The highest BCUT2D eigenvalue weighted by Gasteiger charge is 2.27. The van der Waals surface area contributed by atoms with Gasteiger partial charge in [-0.25, -0.2) is 13.1 Å². The third-order valence-corrected chi connectivity index (χ3v) is 5.31. The van der Waals surface area contributed by atoms with Crippen LogP contribution in [0.5, 0.6) is 0 Å². The molecule has 0 radical (unpaired) electrons. The van der Waals surface area contributed by atoms with Crippen LogP contribution in [0.3, 0.4) is 0 Å². The molecule has 0 aliphatic heterocycles. The highest BCUT2D eigenvalue weighted by Crippen LogP contribution is 2.23. The Labute approximate surface area is 141 Å². The van der Waals surface area contributed by atoms with E-state index < -0.39 is 27.1 Å². The normalized spacial score (nSPS) is 14.1. The largest absolute Gasteiger partial charge is 0.369 e. The van der Waals surface area contributed by atoms with Gasteiger partial charge in [0.2, 0.25) is 15.9 Å². The van der Waals surface area contributed by atoms with Crippen molar-refractivity contribution in [3.05, 3.63) is 66.2 Å². The second-order valence-electron chi connectivity index (χ2n) is 5.02. The smallest absolute Gasteiger partial charge is 0.240 e. The fourth-order valence-corrected chi connectivity index (χ4v) is 3.85. The van der Waals surface area contributed by atoms with Gasteiger partial charge in [-0.2, -0.15) is 12.6 Å². The van der Waals surface area contributed by atoms with Crippen molar-refractivity contribution in [2.24, 2.45) is 5.73 Å². The number of sulfonamides is 1. The molecule has 0 bridgehead atoms. The van der Waals surface area contributed by atoms with Crippen LogP contribution in [0.15, 0.2) is 65.6 Å². The van der Waals surface area contributed by atoms with Crippen LogP contribution in [-0.2, 0) is 14.8 Å². The number of hydrogen-bond acceptors (Lipinski definition) is 4. The Kier molecular flexibility index (Phi) is 5.81. The first kappa shape index (κ1) is 17.5. The second-order valence-corrected chi connectivity index (χ2v) is 7.45. The van der Waals surface area contributed by atoms with E-state index >= 15 is 0 Å². The van der Waals surface area contributed by atoms with Gasteiger partial charge in [0.25, 0.3) is 0 Å². The summed E-state index contributed by atoms with van der Waals surface area (Å²) < 4.78 is 26.9. The predicted octanol–water partition coefficient (Wildman–Crippen LogP) is 1.53. The van der Waals surface area contributed by atoms with E-state index in [-0.39, 0.29) is 11.4 Å². The lowest BCUT2D eigenvalue weighted by molar-refractivity contribution is -0.119. The van der Waals surface area contributed by atoms with E-state index in [0.29, 0.717) is 5.56 Å². The van der Waals surface area contributed by atoms with Crippen molar-refractivity contribution in [1.82, 2.24) is 4.72 Å². The highest BCUT2D eigenvalue weighted by molar-refractivity contribution is 7.89. The molecule has 0 heterocycles. The highest BCUT2D eigenvalue weighted by atomic mass is 32.2. The first-order valence-corrected chi connectivity index (χ1v) is 8.99. The SMILES string of the molecule is NC(=O)C(c1ccccc1)C(S)CNS(=O)(=O)c1ccccc1. The number of carbonyl (C=O) groups is 1. The van der Waals surface area contributed by atoms with Crippen molar-refractivity contribution in [1.29, 1.82) is 0 Å². The van der Waals surface area contributed by atoms with Gasteiger partial charge in [-0.15, -0.1) is 0 Å². The lowest BCUT2D eigenvalue weighted by Crippen LogP contribution is -2.37. The van der Waals surface area contributed by atoms with Crippen LogP contribution in [0, 0.1) is 0 Å². The molecule has 0 saturated carbocycles. The molecule has 5 nitrogen and oxygen atoms in total. The molecule has 0 aromatic heterocycles. The molecular weight excluding hydrogens is 332 g/mol. The lowest BCUT2D eigenvalue weighted by atomic mass is 9.95. The molecule has 2 aromatic carbocycles. The summed E-state index contributed by atoms with van der Waals surface area (Å²) >= 11 is 4.37. The minimum Gasteiger partial charge on any atom is -0.369 e. The molecule has 1 amide bonds. The number of primary amides is 1. The van der Waals surface area contributed by atoms with Crippen LogP contribution in [0.2, 0.25) is 0 Å². The zero-order valence-corrected chi connectivity index (χ0v) is 14.0. The summed E-state index contributed by atoms with van der Waals surface area (Å²) in [5.74, 6) is -1.23. The molecule has 7 heteroatoms. The fourth-order valence-electron chi connectivity index (χ4n) is 2.23. The Morgan fingerprint density at radius 3 is 2.09 bits per heavy atom. The average Bonchev–Trinajstić information content (AvgIpc) is 2.55. The molecule has 3 N–H and O–H groups in total.